The molecule has 1 aliphatic rings. The van der Waals surface area contributed by atoms with Gasteiger partial charge in [-0.3, -0.25) is 4.79 Å². The molecule has 0 aliphatic carbocycles. The lowest BCUT2D eigenvalue weighted by Gasteiger charge is -2.13. The number of ether oxygens (including phenoxy) is 1. The maximum Gasteiger partial charge on any atom is 0.264 e. The molecule has 0 bridgehead atoms. The van der Waals surface area contributed by atoms with Crippen molar-refractivity contribution in [1.82, 2.24) is 5.32 Å². The van der Waals surface area contributed by atoms with Crippen LogP contribution in [0.2, 0.25) is 5.02 Å². The van der Waals surface area contributed by atoms with E-state index in [1.807, 2.05) is 73.7 Å². The number of aryl methyl sites for hydroxylation is 1. The summed E-state index contributed by atoms with van der Waals surface area (Å²) in [6, 6.07) is 19.1. The first-order valence-electron chi connectivity index (χ1n) is 9.60. The Bertz CT molecular complexity index is 1230. The molecule has 0 unspecified atom stereocenters. The van der Waals surface area contributed by atoms with Crippen LogP contribution >= 0.6 is 55.2 Å². The number of amides is 1. The van der Waals surface area contributed by atoms with Gasteiger partial charge in [0, 0.05) is 15.1 Å². The number of benzene rings is 3. The molecular weight excluding hydrogens is 576 g/mol. The normalized spacial score (nSPS) is 15.9. The number of halogens is 3. The second-order valence-corrected chi connectivity index (χ2v) is 10.3. The molecule has 8 heteroatoms. The number of amidine groups is 1. The van der Waals surface area contributed by atoms with Gasteiger partial charge in [0.15, 0.2) is 5.17 Å². The molecule has 1 aliphatic heterocycles. The van der Waals surface area contributed by atoms with Crippen molar-refractivity contribution in [2.45, 2.75) is 13.5 Å². The highest BCUT2D eigenvalue weighted by molar-refractivity contribution is 9.11. The van der Waals surface area contributed by atoms with Crippen molar-refractivity contribution in [3.63, 3.8) is 0 Å². The second kappa shape index (κ2) is 10.3. The molecule has 4 nitrogen and oxygen atoms in total. The van der Waals surface area contributed by atoms with Crippen LogP contribution in [0.5, 0.6) is 5.75 Å². The van der Waals surface area contributed by atoms with Crippen LogP contribution < -0.4 is 10.1 Å². The SMILES string of the molecule is Cc1ccc(N=C2NC(=O)/C(=C/c3cc(Br)cc(Br)c3OCc3ccc(Cl)cc3)S2)cc1. The third-order valence-electron chi connectivity index (χ3n) is 4.54. The fourth-order valence-corrected chi connectivity index (χ4v) is 5.27. The summed E-state index contributed by atoms with van der Waals surface area (Å²) in [5, 5.41) is 4.05. The molecular formula is C24H17Br2ClN2O2S. The van der Waals surface area contributed by atoms with Crippen molar-refractivity contribution < 1.29 is 9.53 Å². The van der Waals surface area contributed by atoms with E-state index < -0.39 is 0 Å². The van der Waals surface area contributed by atoms with E-state index in [-0.39, 0.29) is 5.91 Å². The third kappa shape index (κ3) is 5.84. The average Bonchev–Trinajstić information content (AvgIpc) is 3.09. The van der Waals surface area contributed by atoms with Crippen LogP contribution in [0.1, 0.15) is 16.7 Å². The molecule has 0 radical (unpaired) electrons. The minimum absolute atomic E-state index is 0.194. The highest BCUT2D eigenvalue weighted by atomic mass is 79.9. The van der Waals surface area contributed by atoms with Crippen molar-refractivity contribution in [2.75, 3.05) is 0 Å². The average molecular weight is 593 g/mol. The minimum Gasteiger partial charge on any atom is -0.487 e. The zero-order valence-electron chi connectivity index (χ0n) is 16.9. The van der Waals surface area contributed by atoms with E-state index in [0.717, 1.165) is 31.3 Å². The highest BCUT2D eigenvalue weighted by Crippen LogP contribution is 2.37. The summed E-state index contributed by atoms with van der Waals surface area (Å²) < 4.78 is 7.75. The van der Waals surface area contributed by atoms with Crippen molar-refractivity contribution in [1.29, 1.82) is 0 Å². The molecule has 1 heterocycles. The lowest BCUT2D eigenvalue weighted by molar-refractivity contribution is -0.115. The predicted molar refractivity (Wildman–Crippen MR) is 140 cm³/mol. The minimum atomic E-state index is -0.194. The highest BCUT2D eigenvalue weighted by Gasteiger charge is 2.24. The second-order valence-electron chi connectivity index (χ2n) is 7.04. The Balaban J connectivity index is 1.59. The van der Waals surface area contributed by atoms with Crippen LogP contribution in [0.15, 0.2) is 79.5 Å². The number of hydrogen-bond donors (Lipinski definition) is 1. The number of carbonyl (C=O) groups is 1. The van der Waals surface area contributed by atoms with Gasteiger partial charge in [-0.1, -0.05) is 57.4 Å². The fourth-order valence-electron chi connectivity index (χ4n) is 2.93. The van der Waals surface area contributed by atoms with Crippen molar-refractivity contribution >= 4 is 78.1 Å². The zero-order chi connectivity index (χ0) is 22.7. The Hall–Kier alpha value is -2.06. The van der Waals surface area contributed by atoms with E-state index >= 15 is 0 Å². The van der Waals surface area contributed by atoms with Gasteiger partial charge in [0.05, 0.1) is 15.1 Å². The molecule has 3 aromatic rings. The third-order valence-corrected chi connectivity index (χ3v) is 6.74. The van der Waals surface area contributed by atoms with Gasteiger partial charge in [-0.15, -0.1) is 0 Å². The van der Waals surface area contributed by atoms with Gasteiger partial charge < -0.3 is 10.1 Å². The topological polar surface area (TPSA) is 50.7 Å². The van der Waals surface area contributed by atoms with Crippen LogP contribution in [0.4, 0.5) is 5.69 Å². The van der Waals surface area contributed by atoms with Crippen molar-refractivity contribution in [3.8, 4) is 5.75 Å². The molecule has 4 rings (SSSR count). The summed E-state index contributed by atoms with van der Waals surface area (Å²) >= 11 is 14.4. The number of rotatable bonds is 5. The summed E-state index contributed by atoms with van der Waals surface area (Å²) in [5.41, 5.74) is 3.71. The zero-order valence-corrected chi connectivity index (χ0v) is 21.6. The summed E-state index contributed by atoms with van der Waals surface area (Å²) in [4.78, 5) is 17.6. The molecule has 1 amide bonds. The van der Waals surface area contributed by atoms with Crippen LogP contribution in [-0.4, -0.2) is 11.1 Å². The molecule has 1 N–H and O–H groups in total. The lowest BCUT2D eigenvalue weighted by atomic mass is 10.1. The Morgan fingerprint density at radius 2 is 1.81 bits per heavy atom. The van der Waals surface area contributed by atoms with Gasteiger partial charge >= 0.3 is 0 Å². The number of hydrogen-bond acceptors (Lipinski definition) is 4. The largest absolute Gasteiger partial charge is 0.487 e. The monoisotopic (exact) mass is 590 g/mol. The van der Waals surface area contributed by atoms with E-state index in [0.29, 0.717) is 27.5 Å². The van der Waals surface area contributed by atoms with Gasteiger partial charge in [0.2, 0.25) is 0 Å². The number of nitrogens with zero attached hydrogens (tertiary/aromatic N) is 1. The Kier molecular flexibility index (Phi) is 7.40. The maximum absolute atomic E-state index is 12.6. The quantitative estimate of drug-likeness (QED) is 0.310. The fraction of sp³-hybridized carbons (Fsp3) is 0.0833. The summed E-state index contributed by atoms with van der Waals surface area (Å²) in [6.07, 6.45) is 1.81. The van der Waals surface area contributed by atoms with E-state index in [2.05, 4.69) is 42.2 Å². The first kappa shape index (κ1) is 23.1. The van der Waals surface area contributed by atoms with E-state index in [9.17, 15) is 4.79 Å². The van der Waals surface area contributed by atoms with Gasteiger partial charge in [-0.25, -0.2) is 4.99 Å². The van der Waals surface area contributed by atoms with E-state index in [1.165, 1.54) is 11.8 Å². The van der Waals surface area contributed by atoms with E-state index in [4.69, 9.17) is 16.3 Å². The molecule has 0 saturated carbocycles. The summed E-state index contributed by atoms with van der Waals surface area (Å²) in [5.74, 6) is 0.452. The Morgan fingerprint density at radius 1 is 1.09 bits per heavy atom. The van der Waals surface area contributed by atoms with Crippen molar-refractivity contribution in [2.24, 2.45) is 4.99 Å². The van der Waals surface area contributed by atoms with Gasteiger partial charge in [0.1, 0.15) is 12.4 Å². The van der Waals surface area contributed by atoms with E-state index in [1.54, 1.807) is 0 Å². The maximum atomic E-state index is 12.6. The standard InChI is InChI=1S/C24H17Br2ClN2O2S/c1-14-2-8-19(9-3-14)28-24-29-23(30)21(32-24)11-16-10-17(25)12-20(26)22(16)31-13-15-4-6-18(27)7-5-15/h2-12H,13H2,1H3,(H,28,29,30)/b21-11-. The number of thioether (sulfide) groups is 1. The van der Waals surface area contributed by atoms with Crippen LogP contribution in [0, 0.1) is 6.92 Å². The lowest BCUT2D eigenvalue weighted by Crippen LogP contribution is -2.19. The Morgan fingerprint density at radius 3 is 2.53 bits per heavy atom. The van der Waals surface area contributed by atoms with Gasteiger partial charge in [0.25, 0.3) is 5.91 Å². The van der Waals surface area contributed by atoms with Crippen LogP contribution in [0.25, 0.3) is 6.08 Å². The van der Waals surface area contributed by atoms with Crippen molar-refractivity contribution in [3.05, 3.63) is 96.2 Å². The summed E-state index contributed by atoms with van der Waals surface area (Å²) in [7, 11) is 0. The molecule has 3 aromatic carbocycles. The first-order chi connectivity index (χ1) is 15.4. The first-order valence-corrected chi connectivity index (χ1v) is 12.4. The number of aliphatic imine (C=N–C) groups is 1. The molecule has 0 spiro atoms. The molecule has 32 heavy (non-hydrogen) atoms. The molecule has 162 valence electrons. The molecule has 0 atom stereocenters. The number of nitrogens with one attached hydrogen (secondary N) is 1. The molecule has 0 aromatic heterocycles. The van der Waals surface area contributed by atoms with Gasteiger partial charge in [-0.05, 0) is 82.7 Å². The number of carbonyl (C=O) groups excluding carboxylic acids is 1. The van der Waals surface area contributed by atoms with Gasteiger partial charge in [-0.2, -0.15) is 0 Å². The smallest absolute Gasteiger partial charge is 0.264 e. The summed E-state index contributed by atoms with van der Waals surface area (Å²) in [6.45, 7) is 2.39. The molecule has 1 fully saturated rings. The molecule has 1 saturated heterocycles. The van der Waals surface area contributed by atoms with Crippen LogP contribution in [-0.2, 0) is 11.4 Å². The predicted octanol–water partition coefficient (Wildman–Crippen LogP) is 7.64. The Labute approximate surface area is 212 Å². The van der Waals surface area contributed by atoms with Crippen LogP contribution in [0.3, 0.4) is 0 Å².